The standard InChI is InChI=1S/C23H28ClFN2/c1-3-10-26-11-12-27(15-16(26)2)23-14-21(17-4-7-19(25)8-5-17)20-9-6-18(24)13-22(20)23/h4-9,13,16,21,23H,3,10-12,14-15H2,1-2H3. The first-order valence-electron chi connectivity index (χ1n) is 10.1. The van der Waals surface area contributed by atoms with Gasteiger partial charge in [-0.05, 0) is 67.3 Å². The van der Waals surface area contributed by atoms with E-state index in [2.05, 4.69) is 35.8 Å². The van der Waals surface area contributed by atoms with Crippen molar-refractivity contribution in [1.29, 1.82) is 0 Å². The summed E-state index contributed by atoms with van der Waals surface area (Å²) in [7, 11) is 0. The fraction of sp³-hybridized carbons (Fsp3) is 0.478. The molecule has 4 heteroatoms. The number of fused-ring (bicyclic) bond motifs is 1. The van der Waals surface area contributed by atoms with E-state index >= 15 is 0 Å². The zero-order chi connectivity index (χ0) is 19.0. The van der Waals surface area contributed by atoms with E-state index in [1.807, 2.05) is 18.2 Å². The molecule has 0 N–H and O–H groups in total. The van der Waals surface area contributed by atoms with Crippen LogP contribution in [0, 0.1) is 5.82 Å². The number of rotatable bonds is 4. The average molecular weight is 387 g/mol. The average Bonchev–Trinajstić information content (AvgIpc) is 3.03. The molecule has 0 amide bonds. The molecule has 144 valence electrons. The predicted molar refractivity (Wildman–Crippen MR) is 110 cm³/mol. The zero-order valence-electron chi connectivity index (χ0n) is 16.2. The Bertz CT molecular complexity index is 791. The number of nitrogens with zero attached hydrogens (tertiary/aromatic N) is 2. The molecule has 3 atom stereocenters. The van der Waals surface area contributed by atoms with Crippen LogP contribution in [0.5, 0.6) is 0 Å². The Morgan fingerprint density at radius 2 is 1.85 bits per heavy atom. The number of benzene rings is 2. The molecule has 1 aliphatic carbocycles. The third-order valence-corrected chi connectivity index (χ3v) is 6.50. The number of hydrogen-bond donors (Lipinski definition) is 0. The van der Waals surface area contributed by atoms with Crippen LogP contribution in [0.3, 0.4) is 0 Å². The van der Waals surface area contributed by atoms with Gasteiger partial charge < -0.3 is 0 Å². The van der Waals surface area contributed by atoms with Crippen molar-refractivity contribution in [2.24, 2.45) is 0 Å². The van der Waals surface area contributed by atoms with Gasteiger partial charge in [0.2, 0.25) is 0 Å². The Hall–Kier alpha value is -1.42. The lowest BCUT2D eigenvalue weighted by atomic mass is 9.93. The van der Waals surface area contributed by atoms with Gasteiger partial charge in [-0.1, -0.05) is 36.7 Å². The molecule has 1 heterocycles. The number of halogens is 2. The van der Waals surface area contributed by atoms with E-state index in [0.29, 0.717) is 18.0 Å². The van der Waals surface area contributed by atoms with Gasteiger partial charge >= 0.3 is 0 Å². The summed E-state index contributed by atoms with van der Waals surface area (Å²) in [4.78, 5) is 5.23. The Labute approximate surface area is 166 Å². The van der Waals surface area contributed by atoms with Crippen LogP contribution in [-0.2, 0) is 0 Å². The molecule has 3 unspecified atom stereocenters. The van der Waals surface area contributed by atoms with Gasteiger partial charge in [-0.15, -0.1) is 0 Å². The van der Waals surface area contributed by atoms with Gasteiger partial charge in [0, 0.05) is 42.7 Å². The SMILES string of the molecule is CCCN1CCN(C2CC(c3ccc(F)cc3)c3ccc(Cl)cc32)CC1C. The summed E-state index contributed by atoms with van der Waals surface area (Å²) in [6, 6.07) is 14.3. The number of hydrogen-bond acceptors (Lipinski definition) is 2. The summed E-state index contributed by atoms with van der Waals surface area (Å²) < 4.78 is 13.4. The van der Waals surface area contributed by atoms with Crippen molar-refractivity contribution in [3.05, 3.63) is 70.0 Å². The van der Waals surface area contributed by atoms with E-state index in [9.17, 15) is 4.39 Å². The highest BCUT2D eigenvalue weighted by atomic mass is 35.5. The molecule has 0 aromatic heterocycles. The Kier molecular flexibility index (Phi) is 5.54. The van der Waals surface area contributed by atoms with Crippen LogP contribution in [0.4, 0.5) is 4.39 Å². The van der Waals surface area contributed by atoms with Gasteiger partial charge in [0.15, 0.2) is 0 Å². The highest BCUT2D eigenvalue weighted by Crippen LogP contribution is 2.47. The predicted octanol–water partition coefficient (Wildman–Crippen LogP) is 5.47. The van der Waals surface area contributed by atoms with Crippen molar-refractivity contribution >= 4 is 11.6 Å². The molecule has 0 radical (unpaired) electrons. The topological polar surface area (TPSA) is 6.48 Å². The summed E-state index contributed by atoms with van der Waals surface area (Å²) >= 11 is 6.36. The minimum absolute atomic E-state index is 0.175. The molecule has 27 heavy (non-hydrogen) atoms. The first-order valence-corrected chi connectivity index (χ1v) is 10.5. The first kappa shape index (κ1) is 18.9. The zero-order valence-corrected chi connectivity index (χ0v) is 16.9. The fourth-order valence-electron chi connectivity index (χ4n) is 4.91. The maximum atomic E-state index is 13.4. The molecule has 4 rings (SSSR count). The molecule has 2 aromatic carbocycles. The Morgan fingerprint density at radius 3 is 2.56 bits per heavy atom. The molecule has 1 fully saturated rings. The van der Waals surface area contributed by atoms with Crippen molar-refractivity contribution < 1.29 is 4.39 Å². The van der Waals surface area contributed by atoms with E-state index < -0.39 is 0 Å². The van der Waals surface area contributed by atoms with Crippen LogP contribution in [0.2, 0.25) is 5.02 Å². The van der Waals surface area contributed by atoms with Crippen LogP contribution in [0.15, 0.2) is 42.5 Å². The van der Waals surface area contributed by atoms with Crippen LogP contribution < -0.4 is 0 Å². The van der Waals surface area contributed by atoms with Crippen molar-refractivity contribution in [2.75, 3.05) is 26.2 Å². The molecular weight excluding hydrogens is 359 g/mol. The van der Waals surface area contributed by atoms with Crippen LogP contribution in [0.1, 0.15) is 55.3 Å². The molecule has 2 aliphatic rings. The third-order valence-electron chi connectivity index (χ3n) is 6.26. The van der Waals surface area contributed by atoms with E-state index in [0.717, 1.165) is 31.1 Å². The molecule has 0 saturated carbocycles. The smallest absolute Gasteiger partial charge is 0.123 e. The van der Waals surface area contributed by atoms with Crippen molar-refractivity contribution in [1.82, 2.24) is 9.80 Å². The maximum absolute atomic E-state index is 13.4. The lowest BCUT2D eigenvalue weighted by Crippen LogP contribution is -2.52. The van der Waals surface area contributed by atoms with Crippen molar-refractivity contribution in [2.45, 2.75) is 44.7 Å². The fourth-order valence-corrected chi connectivity index (χ4v) is 5.09. The second-order valence-electron chi connectivity index (χ2n) is 8.01. The van der Waals surface area contributed by atoms with Crippen molar-refractivity contribution in [3.63, 3.8) is 0 Å². The van der Waals surface area contributed by atoms with Crippen LogP contribution in [-0.4, -0.2) is 42.0 Å². The number of piperazine rings is 1. The third kappa shape index (κ3) is 3.78. The van der Waals surface area contributed by atoms with E-state index in [4.69, 9.17) is 11.6 Å². The molecule has 2 aromatic rings. The highest BCUT2D eigenvalue weighted by molar-refractivity contribution is 6.30. The van der Waals surface area contributed by atoms with Gasteiger partial charge in [0.05, 0.1) is 0 Å². The van der Waals surface area contributed by atoms with E-state index in [1.165, 1.54) is 29.7 Å². The minimum Gasteiger partial charge on any atom is -0.298 e. The summed E-state index contributed by atoms with van der Waals surface area (Å²) in [6.07, 6.45) is 2.25. The second-order valence-corrected chi connectivity index (χ2v) is 8.45. The lowest BCUT2D eigenvalue weighted by Gasteiger charge is -2.42. The first-order chi connectivity index (χ1) is 13.1. The molecular formula is C23H28ClFN2. The molecule has 1 saturated heterocycles. The van der Waals surface area contributed by atoms with Gasteiger partial charge in [0.1, 0.15) is 5.82 Å². The maximum Gasteiger partial charge on any atom is 0.123 e. The van der Waals surface area contributed by atoms with Crippen molar-refractivity contribution in [3.8, 4) is 0 Å². The quantitative estimate of drug-likeness (QED) is 0.687. The van der Waals surface area contributed by atoms with Crippen LogP contribution in [0.25, 0.3) is 0 Å². The Morgan fingerprint density at radius 1 is 1.07 bits per heavy atom. The molecule has 0 spiro atoms. The van der Waals surface area contributed by atoms with Gasteiger partial charge in [0.25, 0.3) is 0 Å². The Balaban J connectivity index is 1.61. The summed E-state index contributed by atoms with van der Waals surface area (Å²) in [5.74, 6) is 0.136. The summed E-state index contributed by atoms with van der Waals surface area (Å²) in [5.41, 5.74) is 3.90. The summed E-state index contributed by atoms with van der Waals surface area (Å²) in [6.45, 7) is 9.08. The van der Waals surface area contributed by atoms with Gasteiger partial charge in [-0.3, -0.25) is 9.80 Å². The van der Waals surface area contributed by atoms with Crippen LogP contribution >= 0.6 is 11.6 Å². The summed E-state index contributed by atoms with van der Waals surface area (Å²) in [5, 5.41) is 0.802. The second kappa shape index (κ2) is 7.90. The van der Waals surface area contributed by atoms with E-state index in [1.54, 1.807) is 12.1 Å². The highest BCUT2D eigenvalue weighted by Gasteiger charge is 2.37. The lowest BCUT2D eigenvalue weighted by molar-refractivity contribution is 0.0545. The van der Waals surface area contributed by atoms with Gasteiger partial charge in [-0.2, -0.15) is 0 Å². The molecule has 0 bridgehead atoms. The molecule has 1 aliphatic heterocycles. The normalized spacial score (nSPS) is 26.3. The molecule has 2 nitrogen and oxygen atoms in total. The minimum atomic E-state index is -0.175. The van der Waals surface area contributed by atoms with Gasteiger partial charge in [-0.25, -0.2) is 4.39 Å². The largest absolute Gasteiger partial charge is 0.298 e. The van der Waals surface area contributed by atoms with E-state index in [-0.39, 0.29) is 5.82 Å². The monoisotopic (exact) mass is 386 g/mol.